The van der Waals surface area contributed by atoms with E-state index in [1.807, 2.05) is 23.5 Å². The number of hydrogen-bond acceptors (Lipinski definition) is 9. The molecule has 0 saturated heterocycles. The van der Waals surface area contributed by atoms with E-state index < -0.39 is 0 Å². The lowest BCUT2D eigenvalue weighted by molar-refractivity contribution is -0.152. The van der Waals surface area contributed by atoms with Crippen molar-refractivity contribution in [2.45, 2.75) is 308 Å². The van der Waals surface area contributed by atoms with Gasteiger partial charge in [0.1, 0.15) is 15.3 Å². The Bertz CT molecular complexity index is 2190. The fourth-order valence-electron chi connectivity index (χ4n) is 20.6. The number of hydrogen-bond donors (Lipinski definition) is 0. The number of fused-ring (bicyclic) bond motifs is 10. The number of unbranched alkanes of at least 4 members (excludes halogenated alkanes) is 8. The SMILES string of the molecule is CC(C)CCC[C@@H](C)[C@H]1CC[C@H]2[C@@H]3CC=C4CC(OC(=O)CCCCCCCSc5sc(=S)sc5SCCCCCCCC(=O)OC5CC[C@@]6(C)C(=CC[C@H]7[C@@H]8CC[C@H]([C@H](C)CCCC(C)C)[C@@]8(C)CC[C@@H]76)C5)CC[C@]4(C)[C@H]3CC[C@]12C. The van der Waals surface area contributed by atoms with Crippen molar-refractivity contribution < 1.29 is 19.1 Å². The van der Waals surface area contributed by atoms with E-state index in [9.17, 15) is 9.59 Å². The lowest BCUT2D eigenvalue weighted by Gasteiger charge is -2.58. The molecule has 4 nitrogen and oxygen atoms in total. The molecular formula is C73H118O4S5. The minimum Gasteiger partial charge on any atom is -0.462 e. The average Bonchev–Trinajstić information content (AvgIpc) is 2.62. The standard InChI is InChI=1S/C73H118O4S5/c1-49(2)23-21-25-51(5)59-33-35-61-57-31-29-53-47-55(37-41-70(53,7)63(57)39-43-72(59,61)9)76-65(74)27-17-13-11-15-19-45-79-67-68(82-69(78)81-67)80-46-20-16-12-14-18-28-66(75)77-56-38-42-71(8)54(48-56)30-32-58-62-36-34-60(52(6)26-22-24-50(3)4)73(62,10)44-40-64(58)71/h29-30,49-52,55-64H,11-28,31-48H2,1-10H3/t51-,52-,55?,56?,57+,58+,59-,60-,61+,62+,63+,64+,70+,71+,72-,73-/m1/s1. The number of esters is 2. The van der Waals surface area contributed by atoms with Gasteiger partial charge in [-0.05, 0) is 220 Å². The molecule has 8 aliphatic carbocycles. The van der Waals surface area contributed by atoms with Crippen LogP contribution >= 0.6 is 58.4 Å². The highest BCUT2D eigenvalue weighted by molar-refractivity contribution is 8.05. The van der Waals surface area contributed by atoms with Gasteiger partial charge in [0.15, 0.2) is 0 Å². The second kappa shape index (κ2) is 29.8. The Morgan fingerprint density at radius 2 is 0.915 bits per heavy atom. The molecule has 0 N–H and O–H groups in total. The molecule has 464 valence electrons. The molecule has 0 aromatic carbocycles. The molecule has 6 fully saturated rings. The molecule has 9 heteroatoms. The van der Waals surface area contributed by atoms with E-state index in [0.717, 1.165) is 137 Å². The summed E-state index contributed by atoms with van der Waals surface area (Å²) in [4.78, 5) is 26.3. The largest absolute Gasteiger partial charge is 0.462 e. The van der Waals surface area contributed by atoms with Crippen LogP contribution in [-0.2, 0) is 19.1 Å². The second-order valence-electron chi connectivity index (χ2n) is 31.1. The van der Waals surface area contributed by atoms with Gasteiger partial charge in [0, 0.05) is 25.7 Å². The molecule has 0 amide bonds. The molecule has 1 aromatic rings. The maximum absolute atomic E-state index is 13.1. The molecule has 0 aliphatic heterocycles. The first kappa shape index (κ1) is 65.8. The van der Waals surface area contributed by atoms with Crippen molar-refractivity contribution in [3.05, 3.63) is 26.4 Å². The third kappa shape index (κ3) is 15.5. The number of thioether (sulfide) groups is 2. The molecule has 0 radical (unpaired) electrons. The Labute approximate surface area is 524 Å². The molecule has 8 aliphatic rings. The van der Waals surface area contributed by atoms with Gasteiger partial charge >= 0.3 is 11.9 Å². The first-order chi connectivity index (χ1) is 39.3. The first-order valence-corrected chi connectivity index (χ1v) is 39.0. The summed E-state index contributed by atoms with van der Waals surface area (Å²) < 4.78 is 16.3. The smallest absolute Gasteiger partial charge is 0.306 e. The Kier molecular flexibility index (Phi) is 23.9. The fourth-order valence-corrected chi connectivity index (χ4v) is 26.8. The predicted molar refractivity (Wildman–Crippen MR) is 356 cm³/mol. The lowest BCUT2D eigenvalue weighted by atomic mass is 9.47. The number of rotatable bonds is 30. The summed E-state index contributed by atoms with van der Waals surface area (Å²) >= 11 is 13.3. The number of carbonyl (C=O) groups excluding carboxylic acids is 2. The van der Waals surface area contributed by atoms with Crippen molar-refractivity contribution in [2.24, 2.45) is 92.7 Å². The Morgan fingerprint density at radius 3 is 1.33 bits per heavy atom. The van der Waals surface area contributed by atoms with Crippen LogP contribution in [0.5, 0.6) is 0 Å². The first-order valence-electron chi connectivity index (χ1n) is 35.0. The van der Waals surface area contributed by atoms with E-state index >= 15 is 0 Å². The zero-order chi connectivity index (χ0) is 58.2. The normalized spacial score (nSPS) is 35.6. The molecular weight excluding hydrogens is 1100 g/mol. The molecule has 82 heavy (non-hydrogen) atoms. The van der Waals surface area contributed by atoms with E-state index in [2.05, 4.69) is 81.4 Å². The van der Waals surface area contributed by atoms with Crippen molar-refractivity contribution in [2.75, 3.05) is 11.5 Å². The predicted octanol–water partition coefficient (Wildman–Crippen LogP) is 23.3. The van der Waals surface area contributed by atoms with Gasteiger partial charge in [-0.1, -0.05) is 182 Å². The van der Waals surface area contributed by atoms with E-state index in [1.165, 1.54) is 163 Å². The maximum atomic E-state index is 13.1. The zero-order valence-electron chi connectivity index (χ0n) is 53.9. The Morgan fingerprint density at radius 1 is 0.512 bits per heavy atom. The van der Waals surface area contributed by atoms with Crippen molar-refractivity contribution in [3.63, 3.8) is 0 Å². The van der Waals surface area contributed by atoms with Gasteiger partial charge in [-0.25, -0.2) is 0 Å². The molecule has 1 heterocycles. The van der Waals surface area contributed by atoms with Gasteiger partial charge in [0.25, 0.3) is 0 Å². The number of ether oxygens (including phenoxy) is 2. The van der Waals surface area contributed by atoms with Crippen molar-refractivity contribution in [1.82, 2.24) is 0 Å². The van der Waals surface area contributed by atoms with Crippen molar-refractivity contribution in [1.29, 1.82) is 0 Å². The van der Waals surface area contributed by atoms with Crippen LogP contribution in [0.4, 0.5) is 0 Å². The highest BCUT2D eigenvalue weighted by Crippen LogP contribution is 2.69. The van der Waals surface area contributed by atoms with E-state index in [4.69, 9.17) is 21.7 Å². The van der Waals surface area contributed by atoms with Crippen LogP contribution < -0.4 is 0 Å². The minimum absolute atomic E-state index is 0.0316. The topological polar surface area (TPSA) is 52.6 Å². The number of carbonyl (C=O) groups is 2. The summed E-state index contributed by atoms with van der Waals surface area (Å²) in [5, 5.41) is 0. The third-order valence-electron chi connectivity index (χ3n) is 25.2. The maximum Gasteiger partial charge on any atom is 0.306 e. The molecule has 0 bridgehead atoms. The second-order valence-corrected chi connectivity index (χ2v) is 37.0. The van der Waals surface area contributed by atoms with E-state index in [0.29, 0.717) is 34.5 Å². The van der Waals surface area contributed by atoms with Crippen LogP contribution in [0.25, 0.3) is 0 Å². The van der Waals surface area contributed by atoms with Gasteiger partial charge in [0.05, 0.1) is 8.42 Å². The molecule has 16 atom stereocenters. The molecule has 6 saturated carbocycles. The minimum atomic E-state index is 0.0316. The van der Waals surface area contributed by atoms with Crippen LogP contribution in [-0.4, -0.2) is 35.7 Å². The summed E-state index contributed by atoms with van der Waals surface area (Å²) in [5.41, 5.74) is 4.91. The van der Waals surface area contributed by atoms with Crippen molar-refractivity contribution in [3.8, 4) is 0 Å². The van der Waals surface area contributed by atoms with E-state index in [1.54, 1.807) is 33.8 Å². The summed E-state index contributed by atoms with van der Waals surface area (Å²) in [6.45, 7) is 25.3. The van der Waals surface area contributed by atoms with Crippen LogP contribution in [0.1, 0.15) is 288 Å². The van der Waals surface area contributed by atoms with Gasteiger partial charge in [0.2, 0.25) is 0 Å². The van der Waals surface area contributed by atoms with Crippen LogP contribution in [0, 0.1) is 95.8 Å². The summed E-state index contributed by atoms with van der Waals surface area (Å²) in [7, 11) is 0. The average molecular weight is 1220 g/mol. The zero-order valence-corrected chi connectivity index (χ0v) is 58.0. The van der Waals surface area contributed by atoms with Gasteiger partial charge in [-0.2, -0.15) is 0 Å². The van der Waals surface area contributed by atoms with Crippen molar-refractivity contribution >= 4 is 70.4 Å². The van der Waals surface area contributed by atoms with Gasteiger partial charge in [-0.15, -0.1) is 46.2 Å². The Hall–Kier alpha value is -0.610. The highest BCUT2D eigenvalue weighted by atomic mass is 32.2. The van der Waals surface area contributed by atoms with Crippen LogP contribution in [0.2, 0.25) is 0 Å². The Balaban J connectivity index is 0.587. The van der Waals surface area contributed by atoms with Gasteiger partial charge in [-0.3, -0.25) is 9.59 Å². The molecule has 9 rings (SSSR count). The summed E-state index contributed by atoms with van der Waals surface area (Å²) in [6.07, 6.45) is 46.6. The van der Waals surface area contributed by atoms with Crippen LogP contribution in [0.15, 0.2) is 31.7 Å². The van der Waals surface area contributed by atoms with Gasteiger partial charge < -0.3 is 9.47 Å². The number of allylic oxidation sites excluding steroid dienone is 2. The third-order valence-corrected chi connectivity index (χ3v) is 30.9. The highest BCUT2D eigenvalue weighted by Gasteiger charge is 2.61. The van der Waals surface area contributed by atoms with Crippen LogP contribution in [0.3, 0.4) is 0 Å². The summed E-state index contributed by atoms with van der Waals surface area (Å²) in [6, 6.07) is 0. The lowest BCUT2D eigenvalue weighted by Crippen LogP contribution is -2.51. The van der Waals surface area contributed by atoms with E-state index in [-0.39, 0.29) is 24.1 Å². The fraction of sp³-hybridized carbons (Fsp3) is 0.877. The summed E-state index contributed by atoms with van der Waals surface area (Å²) in [5.74, 6) is 12.6. The molecule has 0 spiro atoms. The monoisotopic (exact) mass is 1220 g/mol. The molecule has 1 aromatic heterocycles. The quantitative estimate of drug-likeness (QED) is 0.0250. The molecule has 2 unspecified atom stereocenters.